The number of carboxylic acid groups (broad SMARTS) is 1. The zero-order chi connectivity index (χ0) is 15.2. The van der Waals surface area contributed by atoms with E-state index in [1.807, 2.05) is 0 Å². The highest BCUT2D eigenvalue weighted by atomic mass is 16.4. The molecule has 3 unspecified atom stereocenters. The molecule has 1 saturated heterocycles. The summed E-state index contributed by atoms with van der Waals surface area (Å²) in [6.07, 6.45) is 7.62. The molecule has 0 aromatic heterocycles. The van der Waals surface area contributed by atoms with Crippen LogP contribution in [0.15, 0.2) is 0 Å². The Morgan fingerprint density at radius 2 is 2.10 bits per heavy atom. The second-order valence-corrected chi connectivity index (χ2v) is 7.15. The van der Waals surface area contributed by atoms with Crippen molar-refractivity contribution >= 4 is 5.97 Å². The zero-order valence-corrected chi connectivity index (χ0v) is 13.7. The fourth-order valence-corrected chi connectivity index (χ4v) is 3.57. The van der Waals surface area contributed by atoms with Gasteiger partial charge in [-0.3, -0.25) is 9.69 Å². The summed E-state index contributed by atoms with van der Waals surface area (Å²) in [4.78, 5) is 13.4. The number of aliphatic carboxylic acids is 1. The van der Waals surface area contributed by atoms with E-state index in [0.29, 0.717) is 24.4 Å². The third-order valence-corrected chi connectivity index (χ3v) is 5.47. The molecule has 2 aliphatic rings. The molecule has 0 amide bonds. The van der Waals surface area contributed by atoms with Crippen molar-refractivity contribution < 1.29 is 9.90 Å². The number of nitrogens with one attached hydrogen (secondary N) is 1. The van der Waals surface area contributed by atoms with E-state index in [4.69, 9.17) is 5.11 Å². The van der Waals surface area contributed by atoms with Crippen molar-refractivity contribution in [1.29, 1.82) is 0 Å². The lowest BCUT2D eigenvalue weighted by atomic mass is 9.84. The molecular weight excluding hydrogens is 264 g/mol. The number of likely N-dealkylation sites (tertiary alicyclic amines) is 1. The molecule has 2 rings (SSSR count). The summed E-state index contributed by atoms with van der Waals surface area (Å²) < 4.78 is 0. The van der Waals surface area contributed by atoms with Crippen LogP contribution in [0.2, 0.25) is 0 Å². The van der Waals surface area contributed by atoms with E-state index < -0.39 is 5.97 Å². The summed E-state index contributed by atoms with van der Waals surface area (Å²) in [5, 5.41) is 12.7. The van der Waals surface area contributed by atoms with Crippen molar-refractivity contribution in [3.63, 3.8) is 0 Å². The summed E-state index contributed by atoms with van der Waals surface area (Å²) in [7, 11) is 0. The number of rotatable bonds is 8. The molecule has 0 aromatic carbocycles. The van der Waals surface area contributed by atoms with Gasteiger partial charge in [0.15, 0.2) is 0 Å². The monoisotopic (exact) mass is 296 g/mol. The maximum atomic E-state index is 10.8. The topological polar surface area (TPSA) is 52.6 Å². The van der Waals surface area contributed by atoms with E-state index in [1.165, 1.54) is 25.7 Å². The van der Waals surface area contributed by atoms with Gasteiger partial charge < -0.3 is 10.4 Å². The predicted octanol–water partition coefficient (Wildman–Crippen LogP) is 2.73. The Morgan fingerprint density at radius 1 is 1.33 bits per heavy atom. The molecule has 1 aliphatic carbocycles. The second-order valence-electron chi connectivity index (χ2n) is 7.15. The van der Waals surface area contributed by atoms with E-state index in [1.54, 1.807) is 0 Å². The molecule has 0 aromatic rings. The second kappa shape index (κ2) is 8.14. The Kier molecular flexibility index (Phi) is 6.49. The van der Waals surface area contributed by atoms with Gasteiger partial charge in [0.25, 0.3) is 0 Å². The molecule has 2 N–H and O–H groups in total. The van der Waals surface area contributed by atoms with Gasteiger partial charge >= 0.3 is 5.97 Å². The van der Waals surface area contributed by atoms with Crippen molar-refractivity contribution in [3.05, 3.63) is 0 Å². The summed E-state index contributed by atoms with van der Waals surface area (Å²) >= 11 is 0. The van der Waals surface area contributed by atoms with E-state index in [-0.39, 0.29) is 0 Å². The molecule has 21 heavy (non-hydrogen) atoms. The molecule has 4 heteroatoms. The van der Waals surface area contributed by atoms with Crippen LogP contribution in [-0.4, -0.2) is 47.7 Å². The van der Waals surface area contributed by atoms with Crippen molar-refractivity contribution in [2.75, 3.05) is 19.6 Å². The smallest absolute Gasteiger partial charge is 0.303 e. The minimum atomic E-state index is -0.658. The Balaban J connectivity index is 1.83. The van der Waals surface area contributed by atoms with Crippen LogP contribution in [0.25, 0.3) is 0 Å². The van der Waals surface area contributed by atoms with Gasteiger partial charge in [-0.15, -0.1) is 0 Å². The largest absolute Gasteiger partial charge is 0.481 e. The first-order valence-electron chi connectivity index (χ1n) is 8.77. The van der Waals surface area contributed by atoms with Crippen LogP contribution in [0.4, 0.5) is 0 Å². The summed E-state index contributed by atoms with van der Waals surface area (Å²) in [6.45, 7) is 7.89. The lowest BCUT2D eigenvalue weighted by Crippen LogP contribution is -2.52. The molecule has 3 atom stereocenters. The van der Waals surface area contributed by atoms with Crippen molar-refractivity contribution in [2.45, 2.75) is 70.9 Å². The van der Waals surface area contributed by atoms with Gasteiger partial charge in [0, 0.05) is 31.6 Å². The van der Waals surface area contributed by atoms with Gasteiger partial charge in [-0.25, -0.2) is 0 Å². The molecule has 4 nitrogen and oxygen atoms in total. The van der Waals surface area contributed by atoms with Crippen LogP contribution >= 0.6 is 0 Å². The van der Waals surface area contributed by atoms with Gasteiger partial charge in [-0.1, -0.05) is 13.3 Å². The number of hydrogen-bond acceptors (Lipinski definition) is 3. The fraction of sp³-hybridized carbons (Fsp3) is 0.941. The van der Waals surface area contributed by atoms with E-state index in [0.717, 1.165) is 38.4 Å². The van der Waals surface area contributed by atoms with E-state index in [9.17, 15) is 4.79 Å². The molecule has 0 radical (unpaired) electrons. The quantitative estimate of drug-likeness (QED) is 0.723. The summed E-state index contributed by atoms with van der Waals surface area (Å²) in [5.74, 6) is 0.763. The first kappa shape index (κ1) is 16.8. The maximum Gasteiger partial charge on any atom is 0.303 e. The minimum Gasteiger partial charge on any atom is -0.481 e. The predicted molar refractivity (Wildman–Crippen MR) is 85.4 cm³/mol. The normalized spacial score (nSPS) is 29.0. The average Bonchev–Trinajstić information content (AvgIpc) is 2.42. The molecule has 1 aliphatic heterocycles. The summed E-state index contributed by atoms with van der Waals surface area (Å²) in [6, 6.07) is 1.15. The third-order valence-electron chi connectivity index (χ3n) is 5.47. The van der Waals surface area contributed by atoms with Gasteiger partial charge in [-0.05, 0) is 57.4 Å². The number of hydrogen-bond donors (Lipinski definition) is 2. The van der Waals surface area contributed by atoms with Crippen molar-refractivity contribution in [3.8, 4) is 0 Å². The minimum absolute atomic E-state index is 0.314. The van der Waals surface area contributed by atoms with Gasteiger partial charge in [0.05, 0.1) is 0 Å². The van der Waals surface area contributed by atoms with Crippen molar-refractivity contribution in [1.82, 2.24) is 10.2 Å². The zero-order valence-electron chi connectivity index (χ0n) is 13.7. The standard InChI is InChI=1S/C17H32N2O2/c1-3-13(2)19-11-15(7-8-17(20)21)9-16(12-19)18-10-14-5-4-6-14/h13-16,18H,3-12H2,1-2H3,(H,20,21). The molecule has 1 saturated carbocycles. The lowest BCUT2D eigenvalue weighted by molar-refractivity contribution is -0.137. The Morgan fingerprint density at radius 3 is 2.67 bits per heavy atom. The molecular formula is C17H32N2O2. The molecule has 2 fully saturated rings. The van der Waals surface area contributed by atoms with Gasteiger partial charge in [0.2, 0.25) is 0 Å². The van der Waals surface area contributed by atoms with E-state index >= 15 is 0 Å². The average molecular weight is 296 g/mol. The van der Waals surface area contributed by atoms with Crippen LogP contribution in [0, 0.1) is 11.8 Å². The SMILES string of the molecule is CCC(C)N1CC(CCC(=O)O)CC(NCC2CCC2)C1. The Bertz CT molecular complexity index is 331. The number of nitrogens with zero attached hydrogens (tertiary/aromatic N) is 1. The first-order chi connectivity index (χ1) is 10.1. The highest BCUT2D eigenvalue weighted by Crippen LogP contribution is 2.27. The Labute approximate surface area is 129 Å². The number of piperidine rings is 1. The molecule has 122 valence electrons. The third kappa shape index (κ3) is 5.26. The highest BCUT2D eigenvalue weighted by Gasteiger charge is 2.30. The van der Waals surface area contributed by atoms with Crippen molar-refractivity contribution in [2.24, 2.45) is 11.8 Å². The van der Waals surface area contributed by atoms with Crippen LogP contribution < -0.4 is 5.32 Å². The van der Waals surface area contributed by atoms with Crippen LogP contribution in [-0.2, 0) is 4.79 Å². The van der Waals surface area contributed by atoms with Crippen LogP contribution in [0.5, 0.6) is 0 Å². The lowest BCUT2D eigenvalue weighted by Gasteiger charge is -2.42. The summed E-state index contributed by atoms with van der Waals surface area (Å²) in [5.41, 5.74) is 0. The highest BCUT2D eigenvalue weighted by molar-refractivity contribution is 5.66. The number of carboxylic acids is 1. The van der Waals surface area contributed by atoms with Crippen LogP contribution in [0.1, 0.15) is 58.8 Å². The Hall–Kier alpha value is -0.610. The molecule has 0 bridgehead atoms. The maximum absolute atomic E-state index is 10.8. The first-order valence-corrected chi connectivity index (χ1v) is 8.77. The van der Waals surface area contributed by atoms with Gasteiger partial charge in [-0.2, -0.15) is 0 Å². The van der Waals surface area contributed by atoms with Gasteiger partial charge in [0.1, 0.15) is 0 Å². The molecule has 0 spiro atoms. The fourth-order valence-electron chi connectivity index (χ4n) is 3.57. The van der Waals surface area contributed by atoms with E-state index in [2.05, 4.69) is 24.1 Å². The van der Waals surface area contributed by atoms with Crippen LogP contribution in [0.3, 0.4) is 0 Å². The molecule has 1 heterocycles. The number of carbonyl (C=O) groups is 1.